The van der Waals surface area contributed by atoms with Gasteiger partial charge in [0, 0.05) is 17.8 Å². The lowest BCUT2D eigenvalue weighted by molar-refractivity contribution is 0.0951. The van der Waals surface area contributed by atoms with E-state index < -0.39 is 10.0 Å². The minimum atomic E-state index is -3.79. The molecule has 0 fully saturated rings. The topological polar surface area (TPSA) is 93.7 Å². The molecule has 0 saturated carbocycles. The number of rotatable bonds is 9. The highest BCUT2D eigenvalue weighted by molar-refractivity contribution is 7.92. The molecule has 0 aromatic heterocycles. The van der Waals surface area contributed by atoms with Crippen LogP contribution in [-0.4, -0.2) is 28.0 Å². The molecule has 0 bridgehead atoms. The fraction of sp³-hybridized carbons (Fsp3) is 0.174. The molecule has 0 aliphatic rings. The SMILES string of the molecule is CCOc1ccc(CNC(=O)c2cccc(NS(=O)(=O)c3ccc(OC)cc3)c2)cc1. The minimum Gasteiger partial charge on any atom is -0.497 e. The van der Waals surface area contributed by atoms with E-state index in [4.69, 9.17) is 9.47 Å². The number of hydrogen-bond acceptors (Lipinski definition) is 5. The summed E-state index contributed by atoms with van der Waals surface area (Å²) in [6.07, 6.45) is 0. The van der Waals surface area contributed by atoms with E-state index in [1.165, 1.54) is 25.3 Å². The van der Waals surface area contributed by atoms with E-state index in [2.05, 4.69) is 10.0 Å². The quantitative estimate of drug-likeness (QED) is 0.528. The van der Waals surface area contributed by atoms with Gasteiger partial charge in [-0.15, -0.1) is 0 Å². The first-order valence-corrected chi connectivity index (χ1v) is 11.2. The van der Waals surface area contributed by atoms with Gasteiger partial charge < -0.3 is 14.8 Å². The summed E-state index contributed by atoms with van der Waals surface area (Å²) in [4.78, 5) is 12.6. The van der Waals surface area contributed by atoms with Gasteiger partial charge in [-0.05, 0) is 67.1 Å². The number of hydrogen-bond donors (Lipinski definition) is 2. The maximum atomic E-state index is 12.6. The van der Waals surface area contributed by atoms with Crippen molar-refractivity contribution in [2.75, 3.05) is 18.4 Å². The molecule has 0 heterocycles. The fourth-order valence-corrected chi connectivity index (χ4v) is 3.90. The third-order valence-corrected chi connectivity index (χ3v) is 5.83. The summed E-state index contributed by atoms with van der Waals surface area (Å²) in [6, 6.07) is 19.8. The molecule has 162 valence electrons. The van der Waals surface area contributed by atoms with Crippen LogP contribution in [-0.2, 0) is 16.6 Å². The summed E-state index contributed by atoms with van der Waals surface area (Å²) in [5, 5.41) is 2.83. The van der Waals surface area contributed by atoms with E-state index >= 15 is 0 Å². The first kappa shape index (κ1) is 22.2. The molecule has 7 nitrogen and oxygen atoms in total. The summed E-state index contributed by atoms with van der Waals surface area (Å²) >= 11 is 0. The monoisotopic (exact) mass is 440 g/mol. The zero-order chi connectivity index (χ0) is 22.3. The molecule has 31 heavy (non-hydrogen) atoms. The molecule has 1 amide bonds. The Morgan fingerprint density at radius 2 is 1.61 bits per heavy atom. The van der Waals surface area contributed by atoms with E-state index in [-0.39, 0.29) is 10.8 Å². The number of sulfonamides is 1. The molecule has 3 rings (SSSR count). The number of anilines is 1. The van der Waals surface area contributed by atoms with Crippen molar-refractivity contribution >= 4 is 21.6 Å². The predicted molar refractivity (Wildman–Crippen MR) is 119 cm³/mol. The van der Waals surface area contributed by atoms with Crippen LogP contribution in [0.5, 0.6) is 11.5 Å². The van der Waals surface area contributed by atoms with E-state index in [9.17, 15) is 13.2 Å². The standard InChI is InChI=1S/C23H24N2O5S/c1-3-30-21-9-7-17(8-10-21)16-24-23(26)18-5-4-6-19(15-18)25-31(27,28)22-13-11-20(29-2)12-14-22/h4-15,25H,3,16H2,1-2H3,(H,24,26). The van der Waals surface area contributed by atoms with Crippen LogP contribution in [0, 0.1) is 0 Å². The molecule has 3 aromatic rings. The Morgan fingerprint density at radius 3 is 2.26 bits per heavy atom. The Balaban J connectivity index is 1.65. The fourth-order valence-electron chi connectivity index (χ4n) is 2.85. The molecule has 0 aliphatic heterocycles. The molecule has 0 aliphatic carbocycles. The number of methoxy groups -OCH3 is 1. The molecule has 2 N–H and O–H groups in total. The molecular formula is C23H24N2O5S. The van der Waals surface area contributed by atoms with Gasteiger partial charge >= 0.3 is 0 Å². The lowest BCUT2D eigenvalue weighted by atomic mass is 10.1. The van der Waals surface area contributed by atoms with Crippen molar-refractivity contribution in [2.24, 2.45) is 0 Å². The molecule has 0 saturated heterocycles. The number of carbonyl (C=O) groups excluding carboxylic acids is 1. The minimum absolute atomic E-state index is 0.0960. The van der Waals surface area contributed by atoms with Crippen molar-refractivity contribution in [1.82, 2.24) is 5.32 Å². The Labute approximate surface area is 182 Å². The summed E-state index contributed by atoms with van der Waals surface area (Å²) in [5.74, 6) is 1.03. The third kappa shape index (κ3) is 5.99. The zero-order valence-electron chi connectivity index (χ0n) is 17.3. The van der Waals surface area contributed by atoms with Gasteiger partial charge in [-0.25, -0.2) is 8.42 Å². The molecule has 0 unspecified atom stereocenters. The predicted octanol–water partition coefficient (Wildman–Crippen LogP) is 3.82. The number of carbonyl (C=O) groups is 1. The third-order valence-electron chi connectivity index (χ3n) is 4.43. The van der Waals surface area contributed by atoms with E-state index in [1.807, 2.05) is 31.2 Å². The van der Waals surface area contributed by atoms with Gasteiger partial charge in [0.05, 0.1) is 18.6 Å². The van der Waals surface area contributed by atoms with Gasteiger partial charge in [0.25, 0.3) is 15.9 Å². The second kappa shape index (κ2) is 9.99. The highest BCUT2D eigenvalue weighted by Gasteiger charge is 2.15. The molecule has 0 atom stereocenters. The van der Waals surface area contributed by atoms with Crippen LogP contribution in [0.25, 0.3) is 0 Å². The molecule has 8 heteroatoms. The number of benzene rings is 3. The van der Waals surface area contributed by atoms with E-state index in [1.54, 1.807) is 30.3 Å². The Morgan fingerprint density at radius 1 is 0.935 bits per heavy atom. The van der Waals surface area contributed by atoms with E-state index in [0.29, 0.717) is 30.2 Å². The summed E-state index contributed by atoms with van der Waals surface area (Å²) < 4.78 is 38.2. The maximum absolute atomic E-state index is 12.6. The van der Waals surface area contributed by atoms with Crippen LogP contribution < -0.4 is 19.5 Å². The smallest absolute Gasteiger partial charge is 0.261 e. The van der Waals surface area contributed by atoms with Crippen LogP contribution in [0.1, 0.15) is 22.8 Å². The second-order valence-corrected chi connectivity index (χ2v) is 8.30. The average molecular weight is 441 g/mol. The van der Waals surface area contributed by atoms with Crippen molar-refractivity contribution in [1.29, 1.82) is 0 Å². The zero-order valence-corrected chi connectivity index (χ0v) is 18.1. The van der Waals surface area contributed by atoms with Crippen molar-refractivity contribution < 1.29 is 22.7 Å². The molecular weight excluding hydrogens is 416 g/mol. The molecule has 0 spiro atoms. The number of amides is 1. The van der Waals surface area contributed by atoms with Crippen molar-refractivity contribution in [3.63, 3.8) is 0 Å². The normalized spacial score (nSPS) is 10.9. The van der Waals surface area contributed by atoms with Crippen LogP contribution in [0.15, 0.2) is 77.7 Å². The summed E-state index contributed by atoms with van der Waals surface area (Å²) in [7, 11) is -2.29. The van der Waals surface area contributed by atoms with Crippen molar-refractivity contribution in [2.45, 2.75) is 18.4 Å². The van der Waals surface area contributed by atoms with Gasteiger partial charge in [0.2, 0.25) is 0 Å². The van der Waals surface area contributed by atoms with Crippen LogP contribution in [0.4, 0.5) is 5.69 Å². The molecule has 3 aromatic carbocycles. The van der Waals surface area contributed by atoms with Crippen LogP contribution in [0.2, 0.25) is 0 Å². The highest BCUT2D eigenvalue weighted by Crippen LogP contribution is 2.20. The van der Waals surface area contributed by atoms with Gasteiger partial charge in [-0.3, -0.25) is 9.52 Å². The Hall–Kier alpha value is -3.52. The first-order chi connectivity index (χ1) is 14.9. The van der Waals surface area contributed by atoms with Crippen molar-refractivity contribution in [3.8, 4) is 11.5 Å². The van der Waals surface area contributed by atoms with Crippen LogP contribution >= 0.6 is 0 Å². The Bertz CT molecular complexity index is 1130. The second-order valence-electron chi connectivity index (χ2n) is 6.62. The van der Waals surface area contributed by atoms with Gasteiger partial charge in [-0.1, -0.05) is 18.2 Å². The van der Waals surface area contributed by atoms with Crippen molar-refractivity contribution in [3.05, 3.63) is 83.9 Å². The number of nitrogens with one attached hydrogen (secondary N) is 2. The van der Waals surface area contributed by atoms with Gasteiger partial charge in [-0.2, -0.15) is 0 Å². The highest BCUT2D eigenvalue weighted by atomic mass is 32.2. The summed E-state index contributed by atoms with van der Waals surface area (Å²) in [5.41, 5.74) is 1.57. The number of ether oxygens (including phenoxy) is 2. The first-order valence-electron chi connectivity index (χ1n) is 9.68. The van der Waals surface area contributed by atoms with E-state index in [0.717, 1.165) is 11.3 Å². The van der Waals surface area contributed by atoms with Gasteiger partial charge in [0.15, 0.2) is 0 Å². The largest absolute Gasteiger partial charge is 0.497 e. The van der Waals surface area contributed by atoms with Crippen LogP contribution in [0.3, 0.4) is 0 Å². The Kier molecular flexibility index (Phi) is 7.15. The molecule has 0 radical (unpaired) electrons. The van der Waals surface area contributed by atoms with Gasteiger partial charge in [0.1, 0.15) is 11.5 Å². The maximum Gasteiger partial charge on any atom is 0.261 e. The summed E-state index contributed by atoms with van der Waals surface area (Å²) in [6.45, 7) is 2.85. The lowest BCUT2D eigenvalue weighted by Gasteiger charge is -2.11. The average Bonchev–Trinajstić information content (AvgIpc) is 2.78. The lowest BCUT2D eigenvalue weighted by Crippen LogP contribution is -2.23.